The molecule has 0 aromatic heterocycles. The molecule has 0 fully saturated rings. The monoisotopic (exact) mass is 240 g/mol. The van der Waals surface area contributed by atoms with Crippen LogP contribution >= 0.6 is 0 Å². The standard InChI is InChI=1S/C12H21FN4/c1-4-17(9(2)8-15-3)12-6-5-10(16-14)7-11(12)13/h5-7,9,15-16H,4,8,14H2,1-3H3. The van der Waals surface area contributed by atoms with Crippen LogP contribution in [0.4, 0.5) is 15.8 Å². The van der Waals surface area contributed by atoms with E-state index in [1.165, 1.54) is 6.07 Å². The Morgan fingerprint density at radius 3 is 2.65 bits per heavy atom. The highest BCUT2D eigenvalue weighted by atomic mass is 19.1. The van der Waals surface area contributed by atoms with E-state index < -0.39 is 0 Å². The van der Waals surface area contributed by atoms with E-state index >= 15 is 0 Å². The number of nitrogens with two attached hydrogens (primary N) is 1. The molecule has 0 spiro atoms. The lowest BCUT2D eigenvalue weighted by atomic mass is 10.2. The smallest absolute Gasteiger partial charge is 0.148 e. The Bertz CT molecular complexity index is 356. The molecule has 1 rings (SSSR count). The lowest BCUT2D eigenvalue weighted by Crippen LogP contribution is -2.40. The second-order valence-electron chi connectivity index (χ2n) is 4.00. The van der Waals surface area contributed by atoms with Gasteiger partial charge in [0.2, 0.25) is 0 Å². The van der Waals surface area contributed by atoms with Gasteiger partial charge in [0, 0.05) is 25.2 Å². The number of nitrogens with zero attached hydrogens (tertiary/aromatic N) is 1. The van der Waals surface area contributed by atoms with Gasteiger partial charge < -0.3 is 15.6 Å². The van der Waals surface area contributed by atoms with Gasteiger partial charge in [-0.25, -0.2) is 4.39 Å². The van der Waals surface area contributed by atoms with E-state index in [2.05, 4.69) is 17.7 Å². The molecule has 1 atom stereocenters. The van der Waals surface area contributed by atoms with Crippen LogP contribution in [0, 0.1) is 5.82 Å². The highest BCUT2D eigenvalue weighted by Crippen LogP contribution is 2.23. The van der Waals surface area contributed by atoms with Crippen LogP contribution in [-0.4, -0.2) is 26.2 Å². The third-order valence-electron chi connectivity index (χ3n) is 2.80. The van der Waals surface area contributed by atoms with Crippen LogP contribution in [0.25, 0.3) is 0 Å². The van der Waals surface area contributed by atoms with E-state index in [1.54, 1.807) is 12.1 Å². The van der Waals surface area contributed by atoms with Gasteiger partial charge in [-0.3, -0.25) is 5.84 Å². The lowest BCUT2D eigenvalue weighted by Gasteiger charge is -2.30. The van der Waals surface area contributed by atoms with Gasteiger partial charge in [0.15, 0.2) is 0 Å². The summed E-state index contributed by atoms with van der Waals surface area (Å²) in [7, 11) is 1.89. The molecule has 4 nitrogen and oxygen atoms in total. The molecule has 0 amide bonds. The first-order valence-corrected chi connectivity index (χ1v) is 5.81. The number of anilines is 2. The van der Waals surface area contributed by atoms with Gasteiger partial charge in [0.1, 0.15) is 5.82 Å². The van der Waals surface area contributed by atoms with Gasteiger partial charge in [0.05, 0.1) is 11.4 Å². The van der Waals surface area contributed by atoms with Crippen molar-refractivity contribution >= 4 is 11.4 Å². The van der Waals surface area contributed by atoms with Crippen molar-refractivity contribution < 1.29 is 4.39 Å². The average Bonchev–Trinajstić information content (AvgIpc) is 2.32. The summed E-state index contributed by atoms with van der Waals surface area (Å²) in [5, 5.41) is 3.10. The third kappa shape index (κ3) is 3.31. The van der Waals surface area contributed by atoms with Crippen molar-refractivity contribution in [1.82, 2.24) is 5.32 Å². The van der Waals surface area contributed by atoms with Gasteiger partial charge in [0.25, 0.3) is 0 Å². The van der Waals surface area contributed by atoms with Gasteiger partial charge in [-0.05, 0) is 33.0 Å². The molecule has 96 valence electrons. The fourth-order valence-electron chi connectivity index (χ4n) is 1.95. The summed E-state index contributed by atoms with van der Waals surface area (Å²) in [5.74, 6) is 4.99. The van der Waals surface area contributed by atoms with Crippen molar-refractivity contribution in [2.75, 3.05) is 30.5 Å². The maximum Gasteiger partial charge on any atom is 0.148 e. The van der Waals surface area contributed by atoms with Gasteiger partial charge in [-0.1, -0.05) is 0 Å². The van der Waals surface area contributed by atoms with Crippen LogP contribution < -0.4 is 21.5 Å². The molecule has 0 radical (unpaired) electrons. The van der Waals surface area contributed by atoms with Gasteiger partial charge in [-0.15, -0.1) is 0 Å². The summed E-state index contributed by atoms with van der Waals surface area (Å²) >= 11 is 0. The zero-order chi connectivity index (χ0) is 12.8. The first-order chi connectivity index (χ1) is 8.13. The molecule has 0 heterocycles. The van der Waals surface area contributed by atoms with Crippen LogP contribution in [0.15, 0.2) is 18.2 Å². The Morgan fingerprint density at radius 1 is 1.47 bits per heavy atom. The maximum atomic E-state index is 13.9. The topological polar surface area (TPSA) is 53.3 Å². The first-order valence-electron chi connectivity index (χ1n) is 5.81. The van der Waals surface area contributed by atoms with Crippen molar-refractivity contribution in [3.8, 4) is 0 Å². The van der Waals surface area contributed by atoms with E-state index in [1.807, 2.05) is 18.9 Å². The van der Waals surface area contributed by atoms with E-state index in [4.69, 9.17) is 5.84 Å². The summed E-state index contributed by atoms with van der Waals surface area (Å²) in [6, 6.07) is 5.16. The quantitative estimate of drug-likeness (QED) is 0.521. The molecule has 1 aromatic carbocycles. The number of rotatable bonds is 6. The van der Waals surface area contributed by atoms with Gasteiger partial charge in [-0.2, -0.15) is 0 Å². The van der Waals surface area contributed by atoms with Crippen LogP contribution in [0.3, 0.4) is 0 Å². The number of nitrogen functional groups attached to an aromatic ring is 1. The van der Waals surface area contributed by atoms with Crippen molar-refractivity contribution in [1.29, 1.82) is 0 Å². The van der Waals surface area contributed by atoms with Crippen molar-refractivity contribution in [2.24, 2.45) is 5.84 Å². The number of benzene rings is 1. The normalized spacial score (nSPS) is 12.3. The molecular formula is C12H21FN4. The molecule has 0 saturated carbocycles. The molecule has 5 heteroatoms. The molecule has 0 saturated heterocycles. The number of halogens is 1. The van der Waals surface area contributed by atoms with E-state index in [0.717, 1.165) is 13.1 Å². The third-order valence-corrected chi connectivity index (χ3v) is 2.80. The second-order valence-corrected chi connectivity index (χ2v) is 4.00. The molecule has 0 aliphatic heterocycles. The number of hydrogen-bond acceptors (Lipinski definition) is 4. The molecule has 17 heavy (non-hydrogen) atoms. The van der Waals surface area contributed by atoms with Gasteiger partial charge >= 0.3 is 0 Å². The summed E-state index contributed by atoms with van der Waals surface area (Å²) in [6.07, 6.45) is 0. The number of hydrazine groups is 1. The minimum Gasteiger partial charge on any atom is -0.365 e. The molecule has 0 aliphatic rings. The molecule has 0 aliphatic carbocycles. The fraction of sp³-hybridized carbons (Fsp3) is 0.500. The van der Waals surface area contributed by atoms with E-state index in [9.17, 15) is 4.39 Å². The predicted molar refractivity (Wildman–Crippen MR) is 70.6 cm³/mol. The molecule has 0 bridgehead atoms. The molecule has 1 aromatic rings. The Balaban J connectivity index is 2.95. The fourth-order valence-corrected chi connectivity index (χ4v) is 1.95. The van der Waals surface area contributed by atoms with Crippen molar-refractivity contribution in [2.45, 2.75) is 19.9 Å². The number of hydrogen-bond donors (Lipinski definition) is 3. The Kier molecular flexibility index (Phi) is 5.18. The Labute approximate surface area is 102 Å². The summed E-state index contributed by atoms with van der Waals surface area (Å²) in [5.41, 5.74) is 3.61. The highest BCUT2D eigenvalue weighted by Gasteiger charge is 2.15. The summed E-state index contributed by atoms with van der Waals surface area (Å²) in [4.78, 5) is 2.02. The molecule has 1 unspecified atom stereocenters. The largest absolute Gasteiger partial charge is 0.365 e. The lowest BCUT2D eigenvalue weighted by molar-refractivity contribution is 0.574. The van der Waals surface area contributed by atoms with E-state index in [-0.39, 0.29) is 11.9 Å². The number of likely N-dealkylation sites (N-methyl/N-ethyl adjacent to an activating group) is 2. The minimum atomic E-state index is -0.259. The van der Waals surface area contributed by atoms with Crippen molar-refractivity contribution in [3.05, 3.63) is 24.0 Å². The summed E-state index contributed by atoms with van der Waals surface area (Å²) < 4.78 is 13.9. The van der Waals surface area contributed by atoms with Crippen LogP contribution in [0.1, 0.15) is 13.8 Å². The minimum absolute atomic E-state index is 0.233. The SMILES string of the molecule is CCN(c1ccc(NN)cc1F)C(C)CNC. The second kappa shape index (κ2) is 6.42. The zero-order valence-corrected chi connectivity index (χ0v) is 10.6. The van der Waals surface area contributed by atoms with Crippen LogP contribution in [0.2, 0.25) is 0 Å². The average molecular weight is 240 g/mol. The van der Waals surface area contributed by atoms with Crippen LogP contribution in [0.5, 0.6) is 0 Å². The Hall–Kier alpha value is -1.33. The van der Waals surface area contributed by atoms with E-state index in [0.29, 0.717) is 11.4 Å². The first kappa shape index (κ1) is 13.7. The van der Waals surface area contributed by atoms with Crippen LogP contribution in [-0.2, 0) is 0 Å². The summed E-state index contributed by atoms with van der Waals surface area (Å²) in [6.45, 7) is 5.65. The van der Waals surface area contributed by atoms with Crippen molar-refractivity contribution in [3.63, 3.8) is 0 Å². The number of nitrogens with one attached hydrogen (secondary N) is 2. The Morgan fingerprint density at radius 2 is 2.18 bits per heavy atom. The molecular weight excluding hydrogens is 219 g/mol. The maximum absolute atomic E-state index is 13.9. The highest BCUT2D eigenvalue weighted by molar-refractivity contribution is 5.56. The zero-order valence-electron chi connectivity index (χ0n) is 10.6. The predicted octanol–water partition coefficient (Wildman–Crippen LogP) is 1.55. The molecule has 4 N–H and O–H groups in total.